The van der Waals surface area contributed by atoms with Crippen molar-refractivity contribution < 1.29 is 0 Å². The summed E-state index contributed by atoms with van der Waals surface area (Å²) in [6.07, 6.45) is 8.13. The Hall–Kier alpha value is -0.760. The largest absolute Gasteiger partial charge is 0.348 e. The van der Waals surface area contributed by atoms with Crippen molar-refractivity contribution in [2.45, 2.75) is 71.5 Å². The van der Waals surface area contributed by atoms with E-state index in [0.717, 1.165) is 25.6 Å². The number of rotatable bonds is 5. The zero-order valence-electron chi connectivity index (χ0n) is 11.3. The number of hydrogen-bond donors (Lipinski definition) is 1. The van der Waals surface area contributed by atoms with Crippen LogP contribution in [0.25, 0.3) is 0 Å². The Kier molecular flexibility index (Phi) is 4.66. The fraction of sp³-hybridized carbons (Fsp3) is 0.733. The monoisotopic (exact) mass is 234 g/mol. The van der Waals surface area contributed by atoms with Gasteiger partial charge in [-0.05, 0) is 38.3 Å². The van der Waals surface area contributed by atoms with Gasteiger partial charge in [-0.15, -0.1) is 0 Å². The van der Waals surface area contributed by atoms with Crippen molar-refractivity contribution in [2.75, 3.05) is 0 Å². The van der Waals surface area contributed by atoms with Gasteiger partial charge in [0.2, 0.25) is 0 Å². The molecule has 1 aliphatic carbocycles. The van der Waals surface area contributed by atoms with Gasteiger partial charge in [0.05, 0.1) is 0 Å². The van der Waals surface area contributed by atoms with Crippen LogP contribution >= 0.6 is 0 Å². The van der Waals surface area contributed by atoms with Gasteiger partial charge in [-0.3, -0.25) is 0 Å². The van der Waals surface area contributed by atoms with E-state index in [1.54, 1.807) is 0 Å². The van der Waals surface area contributed by atoms with E-state index in [-0.39, 0.29) is 0 Å². The van der Waals surface area contributed by atoms with Crippen LogP contribution in [0.2, 0.25) is 0 Å². The second-order valence-corrected chi connectivity index (χ2v) is 5.13. The van der Waals surface area contributed by atoms with Gasteiger partial charge < -0.3 is 9.88 Å². The van der Waals surface area contributed by atoms with Crippen molar-refractivity contribution in [3.05, 3.63) is 23.5 Å². The Morgan fingerprint density at radius 1 is 1.12 bits per heavy atom. The van der Waals surface area contributed by atoms with Crippen LogP contribution in [-0.4, -0.2) is 10.6 Å². The smallest absolute Gasteiger partial charge is 0.0361 e. The highest BCUT2D eigenvalue weighted by Gasteiger charge is 2.13. The van der Waals surface area contributed by atoms with E-state index in [1.165, 1.54) is 43.5 Å². The Balaban J connectivity index is 1.91. The van der Waals surface area contributed by atoms with Gasteiger partial charge in [-0.2, -0.15) is 0 Å². The van der Waals surface area contributed by atoms with Gasteiger partial charge in [0.15, 0.2) is 0 Å². The van der Waals surface area contributed by atoms with Crippen LogP contribution < -0.4 is 5.32 Å². The highest BCUT2D eigenvalue weighted by atomic mass is 15.0. The summed E-state index contributed by atoms with van der Waals surface area (Å²) >= 11 is 0. The van der Waals surface area contributed by atoms with Crippen molar-refractivity contribution in [3.8, 4) is 0 Å². The molecule has 0 aliphatic heterocycles. The molecule has 1 heterocycles. The standard InChI is InChI=1S/C15H26N2/c1-3-14-10-11-15(17(14)4-2)12-16-13-8-6-5-7-9-13/h10-11,13,16H,3-9,12H2,1-2H3. The molecule has 1 fully saturated rings. The van der Waals surface area contributed by atoms with E-state index < -0.39 is 0 Å². The molecule has 2 rings (SSSR count). The van der Waals surface area contributed by atoms with Gasteiger partial charge in [0, 0.05) is 30.5 Å². The van der Waals surface area contributed by atoms with Crippen LogP contribution in [-0.2, 0) is 19.5 Å². The zero-order valence-corrected chi connectivity index (χ0v) is 11.3. The molecule has 0 radical (unpaired) electrons. The van der Waals surface area contributed by atoms with Gasteiger partial charge in [0.25, 0.3) is 0 Å². The molecule has 1 aromatic heterocycles. The van der Waals surface area contributed by atoms with Gasteiger partial charge in [-0.1, -0.05) is 26.2 Å². The second-order valence-electron chi connectivity index (χ2n) is 5.13. The molecule has 1 aliphatic rings. The summed E-state index contributed by atoms with van der Waals surface area (Å²) in [5.41, 5.74) is 2.92. The summed E-state index contributed by atoms with van der Waals surface area (Å²) in [4.78, 5) is 0. The fourth-order valence-electron chi connectivity index (χ4n) is 2.98. The number of aromatic nitrogens is 1. The fourth-order valence-corrected chi connectivity index (χ4v) is 2.98. The molecule has 0 aromatic carbocycles. The maximum atomic E-state index is 3.73. The molecule has 2 nitrogen and oxygen atoms in total. The van der Waals surface area contributed by atoms with Crippen molar-refractivity contribution in [2.24, 2.45) is 0 Å². The van der Waals surface area contributed by atoms with Crippen LogP contribution in [0.5, 0.6) is 0 Å². The average Bonchev–Trinajstić information content (AvgIpc) is 2.79. The normalized spacial score (nSPS) is 17.5. The summed E-state index contributed by atoms with van der Waals surface area (Å²) < 4.78 is 2.45. The maximum Gasteiger partial charge on any atom is 0.0361 e. The van der Waals surface area contributed by atoms with E-state index >= 15 is 0 Å². The molecule has 0 unspecified atom stereocenters. The van der Waals surface area contributed by atoms with E-state index in [2.05, 4.69) is 35.9 Å². The molecule has 17 heavy (non-hydrogen) atoms. The van der Waals surface area contributed by atoms with Crippen molar-refractivity contribution in [1.29, 1.82) is 0 Å². The maximum absolute atomic E-state index is 3.73. The third-order valence-electron chi connectivity index (χ3n) is 4.02. The number of nitrogens with one attached hydrogen (secondary N) is 1. The SMILES string of the molecule is CCc1ccc(CNC2CCCCC2)n1CC. The predicted molar refractivity (Wildman–Crippen MR) is 73.2 cm³/mol. The zero-order chi connectivity index (χ0) is 12.1. The lowest BCUT2D eigenvalue weighted by molar-refractivity contribution is 0.368. The molecule has 1 saturated carbocycles. The first kappa shape index (κ1) is 12.7. The van der Waals surface area contributed by atoms with Crippen LogP contribution in [0.15, 0.2) is 12.1 Å². The summed E-state index contributed by atoms with van der Waals surface area (Å²) in [7, 11) is 0. The minimum atomic E-state index is 0.758. The molecule has 0 atom stereocenters. The first-order valence-electron chi connectivity index (χ1n) is 7.25. The quantitative estimate of drug-likeness (QED) is 0.825. The van der Waals surface area contributed by atoms with Crippen molar-refractivity contribution in [3.63, 3.8) is 0 Å². The molecule has 0 saturated heterocycles. The Morgan fingerprint density at radius 2 is 1.82 bits per heavy atom. The third-order valence-corrected chi connectivity index (χ3v) is 4.02. The lowest BCUT2D eigenvalue weighted by Gasteiger charge is -2.23. The van der Waals surface area contributed by atoms with E-state index in [1.807, 2.05) is 0 Å². The minimum Gasteiger partial charge on any atom is -0.348 e. The molecule has 2 heteroatoms. The van der Waals surface area contributed by atoms with Crippen LogP contribution in [0.1, 0.15) is 57.3 Å². The molecular weight excluding hydrogens is 208 g/mol. The summed E-state index contributed by atoms with van der Waals surface area (Å²) in [5, 5.41) is 3.73. The van der Waals surface area contributed by atoms with E-state index in [9.17, 15) is 0 Å². The third kappa shape index (κ3) is 3.12. The number of hydrogen-bond acceptors (Lipinski definition) is 1. The molecule has 1 aromatic rings. The van der Waals surface area contributed by atoms with Gasteiger partial charge in [-0.25, -0.2) is 0 Å². The molecule has 0 spiro atoms. The van der Waals surface area contributed by atoms with Gasteiger partial charge in [0.1, 0.15) is 0 Å². The number of aryl methyl sites for hydroxylation is 1. The topological polar surface area (TPSA) is 17.0 Å². The Morgan fingerprint density at radius 3 is 2.47 bits per heavy atom. The van der Waals surface area contributed by atoms with Gasteiger partial charge >= 0.3 is 0 Å². The second kappa shape index (κ2) is 6.25. The highest BCUT2D eigenvalue weighted by Crippen LogP contribution is 2.18. The first-order valence-corrected chi connectivity index (χ1v) is 7.25. The summed E-state index contributed by atoms with van der Waals surface area (Å²) in [5.74, 6) is 0. The highest BCUT2D eigenvalue weighted by molar-refractivity contribution is 5.16. The first-order chi connectivity index (χ1) is 8.35. The number of nitrogens with zero attached hydrogens (tertiary/aromatic N) is 1. The average molecular weight is 234 g/mol. The van der Waals surface area contributed by atoms with Crippen LogP contribution in [0.3, 0.4) is 0 Å². The molecule has 1 N–H and O–H groups in total. The lowest BCUT2D eigenvalue weighted by Crippen LogP contribution is -2.31. The summed E-state index contributed by atoms with van der Waals surface area (Å²) in [6, 6.07) is 5.33. The minimum absolute atomic E-state index is 0.758. The Bertz CT molecular complexity index is 335. The molecule has 96 valence electrons. The molecular formula is C15H26N2. The van der Waals surface area contributed by atoms with E-state index in [0.29, 0.717) is 0 Å². The Labute approximate surface area is 105 Å². The van der Waals surface area contributed by atoms with Crippen LogP contribution in [0, 0.1) is 0 Å². The van der Waals surface area contributed by atoms with Crippen molar-refractivity contribution >= 4 is 0 Å². The lowest BCUT2D eigenvalue weighted by atomic mass is 9.95. The molecule has 0 bridgehead atoms. The van der Waals surface area contributed by atoms with Crippen molar-refractivity contribution in [1.82, 2.24) is 9.88 Å². The van der Waals surface area contributed by atoms with E-state index in [4.69, 9.17) is 0 Å². The van der Waals surface area contributed by atoms with Crippen LogP contribution in [0.4, 0.5) is 0 Å². The summed E-state index contributed by atoms with van der Waals surface area (Å²) in [6.45, 7) is 6.61. The predicted octanol–water partition coefficient (Wildman–Crippen LogP) is 3.49. The molecule has 0 amide bonds.